The molecular weight excluding hydrogens is 250 g/mol. The van der Waals surface area contributed by atoms with Crippen LogP contribution in [0.1, 0.15) is 57.3 Å². The predicted octanol–water partition coefficient (Wildman–Crippen LogP) is 3.87. The Morgan fingerprint density at radius 3 is 2.65 bits per heavy atom. The smallest absolute Gasteiger partial charge is 0.123 e. The molecule has 0 aliphatic heterocycles. The Kier molecular flexibility index (Phi) is 4.47. The average molecular weight is 277 g/mol. The summed E-state index contributed by atoms with van der Waals surface area (Å²) in [5, 5.41) is 3.50. The Hall–Kier alpha value is -0.800. The fraction of sp³-hybridized carbons (Fsp3) is 0.765. The third kappa shape index (κ3) is 3.86. The molecule has 0 bridgehead atoms. The van der Waals surface area contributed by atoms with Crippen LogP contribution in [0.3, 0.4) is 0 Å². The average Bonchev–Trinajstić information content (AvgIpc) is 3.12. The van der Waals surface area contributed by atoms with E-state index < -0.39 is 0 Å². The van der Waals surface area contributed by atoms with Gasteiger partial charge in [-0.2, -0.15) is 0 Å². The van der Waals surface area contributed by atoms with E-state index in [9.17, 15) is 0 Å². The van der Waals surface area contributed by atoms with E-state index in [0.717, 1.165) is 24.1 Å². The van der Waals surface area contributed by atoms with Gasteiger partial charge in [0.2, 0.25) is 0 Å². The summed E-state index contributed by atoms with van der Waals surface area (Å²) in [6, 6.07) is 2.77. The minimum atomic E-state index is 0.424. The maximum Gasteiger partial charge on any atom is 0.123 e. The van der Waals surface area contributed by atoms with Crippen molar-refractivity contribution in [3.63, 3.8) is 0 Å². The van der Waals surface area contributed by atoms with Crippen LogP contribution in [0.4, 0.5) is 0 Å². The fourth-order valence-electron chi connectivity index (χ4n) is 3.39. The van der Waals surface area contributed by atoms with Crippen LogP contribution in [0.2, 0.25) is 0 Å². The molecule has 3 heteroatoms. The van der Waals surface area contributed by atoms with Crippen LogP contribution < -0.4 is 5.32 Å². The third-order valence-corrected chi connectivity index (χ3v) is 4.58. The molecule has 1 aromatic heterocycles. The van der Waals surface area contributed by atoms with Crippen molar-refractivity contribution < 1.29 is 9.15 Å². The van der Waals surface area contributed by atoms with Gasteiger partial charge >= 0.3 is 0 Å². The second-order valence-corrected chi connectivity index (χ2v) is 6.87. The number of ether oxygens (including phenoxy) is 1. The summed E-state index contributed by atoms with van der Waals surface area (Å²) in [5.41, 5.74) is 1.21. The maximum atomic E-state index is 6.14. The highest BCUT2D eigenvalue weighted by molar-refractivity contribution is 5.16. The number of hydrogen-bond acceptors (Lipinski definition) is 3. The van der Waals surface area contributed by atoms with Crippen LogP contribution in [-0.2, 0) is 17.9 Å². The molecule has 0 saturated heterocycles. The lowest BCUT2D eigenvalue weighted by Gasteiger charge is -2.31. The molecule has 0 amide bonds. The van der Waals surface area contributed by atoms with Gasteiger partial charge < -0.3 is 14.5 Å². The van der Waals surface area contributed by atoms with Gasteiger partial charge in [0.25, 0.3) is 0 Å². The van der Waals surface area contributed by atoms with Crippen LogP contribution in [0, 0.1) is 11.8 Å². The van der Waals surface area contributed by atoms with Gasteiger partial charge in [-0.1, -0.05) is 13.8 Å². The summed E-state index contributed by atoms with van der Waals surface area (Å²) in [6.07, 6.45) is 8.59. The molecule has 0 radical (unpaired) electrons. The van der Waals surface area contributed by atoms with E-state index in [1.165, 1.54) is 37.7 Å². The van der Waals surface area contributed by atoms with Crippen LogP contribution >= 0.6 is 0 Å². The number of nitrogens with one attached hydrogen (secondary N) is 1. The maximum absolute atomic E-state index is 6.14. The SMILES string of the molecule is CC1CC(C)CC(OCc2ccoc2CNC2CC2)C1. The molecule has 2 unspecified atom stereocenters. The van der Waals surface area contributed by atoms with Crippen LogP contribution in [-0.4, -0.2) is 12.1 Å². The molecule has 3 rings (SSSR count). The first-order valence-corrected chi connectivity index (χ1v) is 8.11. The summed E-state index contributed by atoms with van der Waals surface area (Å²) in [6.45, 7) is 6.22. The second-order valence-electron chi connectivity index (χ2n) is 6.87. The summed E-state index contributed by atoms with van der Waals surface area (Å²) in [7, 11) is 0. The van der Waals surface area contributed by atoms with Crippen molar-refractivity contribution >= 4 is 0 Å². The number of furan rings is 1. The molecule has 2 fully saturated rings. The van der Waals surface area contributed by atoms with Crippen LogP contribution in [0.5, 0.6) is 0 Å². The van der Waals surface area contributed by atoms with E-state index in [2.05, 4.69) is 25.2 Å². The van der Waals surface area contributed by atoms with Gasteiger partial charge in [0.05, 0.1) is 25.5 Å². The molecule has 3 nitrogen and oxygen atoms in total. The molecule has 1 heterocycles. The number of rotatable bonds is 6. The standard InChI is InChI=1S/C17H27NO2/c1-12-7-13(2)9-16(8-12)20-11-14-5-6-19-17(14)10-18-15-3-4-15/h5-6,12-13,15-16,18H,3-4,7-11H2,1-2H3. The molecule has 20 heavy (non-hydrogen) atoms. The van der Waals surface area contributed by atoms with Crippen molar-refractivity contribution in [1.29, 1.82) is 0 Å². The zero-order chi connectivity index (χ0) is 13.9. The van der Waals surface area contributed by atoms with Crippen molar-refractivity contribution in [3.05, 3.63) is 23.7 Å². The van der Waals surface area contributed by atoms with Gasteiger partial charge in [0.1, 0.15) is 5.76 Å². The van der Waals surface area contributed by atoms with Gasteiger partial charge in [-0.05, 0) is 50.0 Å². The van der Waals surface area contributed by atoms with Crippen molar-refractivity contribution in [2.24, 2.45) is 11.8 Å². The molecule has 0 spiro atoms. The van der Waals surface area contributed by atoms with Crippen molar-refractivity contribution in [1.82, 2.24) is 5.32 Å². The molecule has 112 valence electrons. The van der Waals surface area contributed by atoms with Crippen LogP contribution in [0.15, 0.2) is 16.7 Å². The zero-order valence-electron chi connectivity index (χ0n) is 12.7. The molecule has 1 N–H and O–H groups in total. The lowest BCUT2D eigenvalue weighted by molar-refractivity contribution is -0.00968. The zero-order valence-corrected chi connectivity index (χ0v) is 12.7. The van der Waals surface area contributed by atoms with Crippen molar-refractivity contribution in [3.8, 4) is 0 Å². The first kappa shape index (κ1) is 14.2. The molecular formula is C17H27NO2. The number of hydrogen-bond donors (Lipinski definition) is 1. The first-order valence-electron chi connectivity index (χ1n) is 8.11. The Morgan fingerprint density at radius 1 is 1.20 bits per heavy atom. The lowest BCUT2D eigenvalue weighted by Crippen LogP contribution is -2.26. The Morgan fingerprint density at radius 2 is 1.95 bits per heavy atom. The highest BCUT2D eigenvalue weighted by Gasteiger charge is 2.25. The highest BCUT2D eigenvalue weighted by Crippen LogP contribution is 2.31. The van der Waals surface area contributed by atoms with Gasteiger partial charge in [0.15, 0.2) is 0 Å². The normalized spacial score (nSPS) is 30.6. The van der Waals surface area contributed by atoms with E-state index in [1.807, 2.05) is 0 Å². The fourth-order valence-corrected chi connectivity index (χ4v) is 3.39. The van der Waals surface area contributed by atoms with Gasteiger partial charge in [0, 0.05) is 11.6 Å². The second kappa shape index (κ2) is 6.31. The summed E-state index contributed by atoms with van der Waals surface area (Å²) in [5.74, 6) is 2.64. The van der Waals surface area contributed by atoms with E-state index in [-0.39, 0.29) is 0 Å². The third-order valence-electron chi connectivity index (χ3n) is 4.58. The molecule has 2 aliphatic rings. The minimum absolute atomic E-state index is 0.424. The molecule has 2 saturated carbocycles. The first-order chi connectivity index (χ1) is 9.70. The topological polar surface area (TPSA) is 34.4 Å². The van der Waals surface area contributed by atoms with E-state index >= 15 is 0 Å². The minimum Gasteiger partial charge on any atom is -0.468 e. The molecule has 2 aliphatic carbocycles. The quantitative estimate of drug-likeness (QED) is 0.857. The summed E-state index contributed by atoms with van der Waals surface area (Å²) in [4.78, 5) is 0. The molecule has 0 aromatic carbocycles. The van der Waals surface area contributed by atoms with Crippen molar-refractivity contribution in [2.75, 3.05) is 0 Å². The molecule has 1 aromatic rings. The van der Waals surface area contributed by atoms with E-state index in [1.54, 1.807) is 6.26 Å². The predicted molar refractivity (Wildman–Crippen MR) is 79.3 cm³/mol. The summed E-state index contributed by atoms with van der Waals surface area (Å²) < 4.78 is 11.7. The summed E-state index contributed by atoms with van der Waals surface area (Å²) >= 11 is 0. The van der Waals surface area contributed by atoms with Crippen LogP contribution in [0.25, 0.3) is 0 Å². The Bertz CT molecular complexity index is 414. The van der Waals surface area contributed by atoms with Gasteiger partial charge in [-0.15, -0.1) is 0 Å². The molecule has 2 atom stereocenters. The Labute approximate surface area is 122 Å². The van der Waals surface area contributed by atoms with Gasteiger partial charge in [-0.3, -0.25) is 0 Å². The highest BCUT2D eigenvalue weighted by atomic mass is 16.5. The Balaban J connectivity index is 1.48. The van der Waals surface area contributed by atoms with E-state index in [4.69, 9.17) is 9.15 Å². The lowest BCUT2D eigenvalue weighted by atomic mass is 9.82. The van der Waals surface area contributed by atoms with Gasteiger partial charge in [-0.25, -0.2) is 0 Å². The van der Waals surface area contributed by atoms with Crippen molar-refractivity contribution in [2.45, 2.75) is 71.2 Å². The van der Waals surface area contributed by atoms with E-state index in [0.29, 0.717) is 18.8 Å². The monoisotopic (exact) mass is 277 g/mol. The largest absolute Gasteiger partial charge is 0.468 e.